The third-order valence-corrected chi connectivity index (χ3v) is 2.66. The first-order valence-corrected chi connectivity index (χ1v) is 5.50. The molecule has 7 heteroatoms. The Morgan fingerprint density at radius 1 is 1.33 bits per heavy atom. The zero-order chi connectivity index (χ0) is 12.7. The molecule has 0 fully saturated rings. The van der Waals surface area contributed by atoms with Gasteiger partial charge in [0.1, 0.15) is 5.82 Å². The van der Waals surface area contributed by atoms with E-state index in [0.717, 1.165) is 17.0 Å². The summed E-state index contributed by atoms with van der Waals surface area (Å²) in [6.45, 7) is 1.93. The third kappa shape index (κ3) is 1.65. The SMILES string of the molecule is Cc1nn(C)cc1Nc1nc(N)cn2ccnc12. The van der Waals surface area contributed by atoms with Crippen LogP contribution in [0.5, 0.6) is 0 Å². The van der Waals surface area contributed by atoms with E-state index in [1.807, 2.05) is 30.8 Å². The van der Waals surface area contributed by atoms with Gasteiger partial charge >= 0.3 is 0 Å². The zero-order valence-corrected chi connectivity index (χ0v) is 10.1. The Bertz CT molecular complexity index is 709. The predicted octanol–water partition coefficient (Wildman–Crippen LogP) is 1.10. The van der Waals surface area contributed by atoms with E-state index < -0.39 is 0 Å². The van der Waals surface area contributed by atoms with Crippen LogP contribution in [0.15, 0.2) is 24.8 Å². The van der Waals surface area contributed by atoms with Gasteiger partial charge in [-0.15, -0.1) is 0 Å². The van der Waals surface area contributed by atoms with Gasteiger partial charge in [0.2, 0.25) is 0 Å². The second-order valence-corrected chi connectivity index (χ2v) is 4.10. The lowest BCUT2D eigenvalue weighted by atomic mass is 10.4. The normalized spacial score (nSPS) is 11.0. The molecule has 0 atom stereocenters. The molecule has 0 aliphatic heterocycles. The molecule has 0 aliphatic carbocycles. The van der Waals surface area contributed by atoms with Gasteiger partial charge < -0.3 is 15.5 Å². The van der Waals surface area contributed by atoms with Crippen LogP contribution in [0, 0.1) is 6.92 Å². The molecule has 0 saturated heterocycles. The molecule has 92 valence electrons. The Labute approximate surface area is 103 Å². The van der Waals surface area contributed by atoms with E-state index in [4.69, 9.17) is 5.73 Å². The first-order valence-electron chi connectivity index (χ1n) is 5.50. The van der Waals surface area contributed by atoms with Crippen molar-refractivity contribution in [3.05, 3.63) is 30.5 Å². The van der Waals surface area contributed by atoms with E-state index in [-0.39, 0.29) is 0 Å². The standard InChI is InChI=1S/C11H13N7/c1-7-8(5-17(2)16-7)14-10-11-13-3-4-18(11)6-9(12)15-10/h3-6H,12H2,1-2H3,(H,14,15). The summed E-state index contributed by atoms with van der Waals surface area (Å²) in [5, 5.41) is 7.47. The number of nitrogens with zero attached hydrogens (tertiary/aromatic N) is 5. The molecule has 3 N–H and O–H groups in total. The molecule has 0 spiro atoms. The molecule has 0 aliphatic rings. The topological polar surface area (TPSA) is 86.1 Å². The molecule has 3 rings (SSSR count). The van der Waals surface area contributed by atoms with Crippen LogP contribution >= 0.6 is 0 Å². The minimum absolute atomic E-state index is 0.435. The van der Waals surface area contributed by atoms with E-state index in [0.29, 0.717) is 11.6 Å². The van der Waals surface area contributed by atoms with E-state index >= 15 is 0 Å². The van der Waals surface area contributed by atoms with E-state index in [2.05, 4.69) is 20.4 Å². The summed E-state index contributed by atoms with van der Waals surface area (Å²) in [5.41, 5.74) is 8.27. The molecule has 0 radical (unpaired) electrons. The molecule has 0 unspecified atom stereocenters. The quantitative estimate of drug-likeness (QED) is 0.703. The number of hydrogen-bond acceptors (Lipinski definition) is 5. The highest BCUT2D eigenvalue weighted by atomic mass is 15.3. The molecule has 0 aromatic carbocycles. The average Bonchev–Trinajstić information content (AvgIpc) is 2.86. The fourth-order valence-electron chi connectivity index (χ4n) is 1.88. The van der Waals surface area contributed by atoms with Crippen LogP contribution in [-0.2, 0) is 7.05 Å². The molecular formula is C11H13N7. The predicted molar refractivity (Wildman–Crippen MR) is 68.6 cm³/mol. The van der Waals surface area contributed by atoms with E-state index in [1.165, 1.54) is 0 Å². The monoisotopic (exact) mass is 243 g/mol. The van der Waals surface area contributed by atoms with Crippen LogP contribution in [0.25, 0.3) is 5.65 Å². The number of nitrogens with two attached hydrogens (primary N) is 1. The molecule has 3 heterocycles. The number of aryl methyl sites for hydroxylation is 2. The van der Waals surface area contributed by atoms with Gasteiger partial charge in [0.15, 0.2) is 11.5 Å². The number of imidazole rings is 1. The highest BCUT2D eigenvalue weighted by Gasteiger charge is 2.09. The van der Waals surface area contributed by atoms with Crippen molar-refractivity contribution in [1.29, 1.82) is 0 Å². The first kappa shape index (κ1) is 10.6. The minimum Gasteiger partial charge on any atom is -0.382 e. The second-order valence-electron chi connectivity index (χ2n) is 4.10. The number of fused-ring (bicyclic) bond motifs is 1. The van der Waals surface area contributed by atoms with Crippen LogP contribution in [0.4, 0.5) is 17.3 Å². The summed E-state index contributed by atoms with van der Waals surface area (Å²) in [4.78, 5) is 8.51. The highest BCUT2D eigenvalue weighted by Crippen LogP contribution is 2.21. The van der Waals surface area contributed by atoms with E-state index in [9.17, 15) is 0 Å². The smallest absolute Gasteiger partial charge is 0.180 e. The maximum atomic E-state index is 5.76. The van der Waals surface area contributed by atoms with Crippen LogP contribution in [-0.4, -0.2) is 24.1 Å². The van der Waals surface area contributed by atoms with Crippen LogP contribution in [0.3, 0.4) is 0 Å². The average molecular weight is 243 g/mol. The second kappa shape index (κ2) is 3.73. The lowest BCUT2D eigenvalue weighted by Gasteiger charge is -2.06. The highest BCUT2D eigenvalue weighted by molar-refractivity contribution is 5.71. The summed E-state index contributed by atoms with van der Waals surface area (Å²) in [6.07, 6.45) is 7.15. The number of anilines is 3. The van der Waals surface area contributed by atoms with Crippen molar-refractivity contribution in [1.82, 2.24) is 24.1 Å². The van der Waals surface area contributed by atoms with Gasteiger partial charge in [0.25, 0.3) is 0 Å². The lowest BCUT2D eigenvalue weighted by Crippen LogP contribution is -2.02. The molecule has 0 amide bonds. The fraction of sp³-hybridized carbons (Fsp3) is 0.182. The lowest BCUT2D eigenvalue weighted by molar-refractivity contribution is 0.756. The Morgan fingerprint density at radius 2 is 2.17 bits per heavy atom. The number of nitrogen functional groups attached to an aromatic ring is 1. The summed E-state index contributed by atoms with van der Waals surface area (Å²) >= 11 is 0. The van der Waals surface area contributed by atoms with Crippen molar-refractivity contribution in [2.45, 2.75) is 6.92 Å². The van der Waals surface area contributed by atoms with Gasteiger partial charge in [-0.1, -0.05) is 0 Å². The van der Waals surface area contributed by atoms with E-state index in [1.54, 1.807) is 17.1 Å². The number of rotatable bonds is 2. The van der Waals surface area contributed by atoms with Gasteiger partial charge in [-0.25, -0.2) is 9.97 Å². The maximum absolute atomic E-state index is 5.76. The van der Waals surface area contributed by atoms with Crippen molar-refractivity contribution in [2.24, 2.45) is 7.05 Å². The molecule has 3 aromatic heterocycles. The number of aromatic nitrogens is 5. The van der Waals surface area contributed by atoms with Crippen molar-refractivity contribution in [3.63, 3.8) is 0 Å². The Hall–Kier alpha value is -2.57. The largest absolute Gasteiger partial charge is 0.382 e. The molecule has 0 bridgehead atoms. The van der Waals surface area contributed by atoms with Crippen molar-refractivity contribution in [3.8, 4) is 0 Å². The Morgan fingerprint density at radius 3 is 2.89 bits per heavy atom. The van der Waals surface area contributed by atoms with Gasteiger partial charge in [-0.3, -0.25) is 4.68 Å². The summed E-state index contributed by atoms with van der Waals surface area (Å²) in [5.74, 6) is 1.06. The summed E-state index contributed by atoms with van der Waals surface area (Å²) in [7, 11) is 1.87. The van der Waals surface area contributed by atoms with Crippen LogP contribution < -0.4 is 11.1 Å². The van der Waals surface area contributed by atoms with Crippen molar-refractivity contribution < 1.29 is 0 Å². The minimum atomic E-state index is 0.435. The van der Waals surface area contributed by atoms with Crippen molar-refractivity contribution in [2.75, 3.05) is 11.1 Å². The number of hydrogen-bond donors (Lipinski definition) is 2. The third-order valence-electron chi connectivity index (χ3n) is 2.66. The van der Waals surface area contributed by atoms with Crippen LogP contribution in [0.2, 0.25) is 0 Å². The number of nitrogens with one attached hydrogen (secondary N) is 1. The van der Waals surface area contributed by atoms with Gasteiger partial charge in [0.05, 0.1) is 17.6 Å². The van der Waals surface area contributed by atoms with Gasteiger partial charge in [0, 0.05) is 25.6 Å². The molecule has 3 aromatic rings. The molecular weight excluding hydrogens is 230 g/mol. The Kier molecular flexibility index (Phi) is 2.19. The zero-order valence-electron chi connectivity index (χ0n) is 10.1. The van der Waals surface area contributed by atoms with Gasteiger partial charge in [-0.05, 0) is 6.92 Å². The first-order chi connectivity index (χ1) is 8.63. The molecule has 18 heavy (non-hydrogen) atoms. The molecule has 0 saturated carbocycles. The summed E-state index contributed by atoms with van der Waals surface area (Å²) in [6, 6.07) is 0. The summed E-state index contributed by atoms with van der Waals surface area (Å²) < 4.78 is 3.57. The Balaban J connectivity index is 2.09. The molecule has 7 nitrogen and oxygen atoms in total. The van der Waals surface area contributed by atoms with Gasteiger partial charge in [-0.2, -0.15) is 5.10 Å². The van der Waals surface area contributed by atoms with Crippen molar-refractivity contribution >= 4 is 23.0 Å². The maximum Gasteiger partial charge on any atom is 0.180 e. The van der Waals surface area contributed by atoms with Crippen LogP contribution in [0.1, 0.15) is 5.69 Å². The fourth-order valence-corrected chi connectivity index (χ4v) is 1.88.